The molecule has 0 saturated carbocycles. The van der Waals surface area contributed by atoms with Crippen LogP contribution in [0, 0.1) is 45.3 Å². The number of nitrogens with two attached hydrogens (primary N) is 1. The van der Waals surface area contributed by atoms with Crippen molar-refractivity contribution in [2.45, 2.75) is 0 Å². The minimum atomic E-state index is -0.312. The zero-order valence-corrected chi connectivity index (χ0v) is 34.8. The molecule has 62 heavy (non-hydrogen) atoms. The highest BCUT2D eigenvalue weighted by Crippen LogP contribution is 2.24. The Labute approximate surface area is 366 Å². The van der Waals surface area contributed by atoms with Crippen molar-refractivity contribution >= 4 is 69.5 Å². The average Bonchev–Trinajstić information content (AvgIpc) is 3.31. The molecule has 2 aliphatic heterocycles. The molecule has 3 amide bonds. The fraction of sp³-hybridized carbons (Fsp3) is 0.146. The van der Waals surface area contributed by atoms with Gasteiger partial charge in [0.2, 0.25) is 17.7 Å². The number of carbonyl (C=O) groups excluding carboxylic acids is 5. The number of ketones is 2. The minimum absolute atomic E-state index is 0.0897. The maximum atomic E-state index is 13.2. The van der Waals surface area contributed by atoms with Crippen LogP contribution < -0.4 is 11.1 Å². The van der Waals surface area contributed by atoms with Gasteiger partial charge in [-0.1, -0.05) is 64.5 Å². The molecular formula is C48H37BrN8O5. The molecule has 14 heteroatoms. The van der Waals surface area contributed by atoms with Gasteiger partial charge in [-0.25, -0.2) is 0 Å². The number of hydrogen-bond acceptors (Lipinski definition) is 10. The molecule has 0 radical (unpaired) electrons. The van der Waals surface area contributed by atoms with Gasteiger partial charge >= 0.3 is 0 Å². The molecule has 4 aromatic carbocycles. The van der Waals surface area contributed by atoms with Gasteiger partial charge in [0.05, 0.1) is 65.0 Å². The van der Waals surface area contributed by atoms with Crippen molar-refractivity contribution in [2.24, 2.45) is 5.73 Å². The third kappa shape index (κ3) is 12.3. The van der Waals surface area contributed by atoms with E-state index in [0.29, 0.717) is 44.5 Å². The Kier molecular flexibility index (Phi) is 15.9. The molecule has 3 N–H and O–H groups in total. The number of likely N-dealkylation sites (tertiary alicyclic amines) is 2. The van der Waals surface area contributed by atoms with Gasteiger partial charge in [0.15, 0.2) is 11.6 Å². The number of rotatable bonds is 8. The highest BCUT2D eigenvalue weighted by Gasteiger charge is 2.30. The van der Waals surface area contributed by atoms with E-state index in [2.05, 4.69) is 45.5 Å². The van der Waals surface area contributed by atoms with Crippen molar-refractivity contribution in [3.63, 3.8) is 0 Å². The fourth-order valence-electron chi connectivity index (χ4n) is 6.31. The van der Waals surface area contributed by atoms with Crippen LogP contribution >= 0.6 is 15.9 Å². The predicted molar refractivity (Wildman–Crippen MR) is 236 cm³/mol. The lowest BCUT2D eigenvalue weighted by molar-refractivity contribution is -0.132. The number of Topliss-reactive ketones (excluding diaryl/α,β-unsaturated/α-hetero) is 2. The second-order valence-corrected chi connectivity index (χ2v) is 14.4. The number of halogens is 1. The van der Waals surface area contributed by atoms with Crippen LogP contribution in [0.25, 0.3) is 24.3 Å². The number of hydrogen-bond donors (Lipinski definition) is 2. The van der Waals surface area contributed by atoms with E-state index in [1.54, 1.807) is 126 Å². The monoisotopic (exact) mass is 884 g/mol. The predicted octanol–water partition coefficient (Wildman–Crippen LogP) is 5.09. The molecule has 0 bridgehead atoms. The first kappa shape index (κ1) is 45.1. The maximum absolute atomic E-state index is 13.2. The molecule has 0 atom stereocenters. The number of nitrogens with one attached hydrogen (secondary N) is 1. The number of piperidine rings is 2. The van der Waals surface area contributed by atoms with Gasteiger partial charge in [-0.3, -0.25) is 24.0 Å². The molecule has 0 unspecified atom stereocenters. The first-order valence-electron chi connectivity index (χ1n) is 19.0. The molecule has 13 nitrogen and oxygen atoms in total. The van der Waals surface area contributed by atoms with Gasteiger partial charge in [0, 0.05) is 48.5 Å². The molecule has 2 fully saturated rings. The molecular weight excluding hydrogens is 848 g/mol. The largest absolute Gasteiger partial charge is 0.346 e. The number of amides is 3. The summed E-state index contributed by atoms with van der Waals surface area (Å²) in [7, 11) is 0. The van der Waals surface area contributed by atoms with E-state index < -0.39 is 0 Å². The highest BCUT2D eigenvalue weighted by molar-refractivity contribution is 9.09. The summed E-state index contributed by atoms with van der Waals surface area (Å²) in [5, 5.41) is 38.4. The second-order valence-electron chi connectivity index (χ2n) is 13.9. The molecule has 0 spiro atoms. The Morgan fingerprint density at radius 1 is 0.532 bits per heavy atom. The van der Waals surface area contributed by atoms with Gasteiger partial charge < -0.3 is 20.9 Å². The summed E-state index contributed by atoms with van der Waals surface area (Å²) >= 11 is 3.04. The Bertz CT molecular complexity index is 2510. The van der Waals surface area contributed by atoms with Crippen molar-refractivity contribution in [3.8, 4) is 24.3 Å². The normalized spacial score (nSPS) is 16.1. The molecule has 0 aromatic heterocycles. The number of alkyl halides is 1. The lowest BCUT2D eigenvalue weighted by Crippen LogP contribution is -2.46. The molecule has 6 rings (SSSR count). The fourth-order valence-corrected chi connectivity index (χ4v) is 6.51. The molecule has 306 valence electrons. The van der Waals surface area contributed by atoms with Gasteiger partial charge in [0.1, 0.15) is 0 Å². The number of nitriles is 4. The third-order valence-corrected chi connectivity index (χ3v) is 10.1. The first-order valence-corrected chi connectivity index (χ1v) is 20.1. The lowest BCUT2D eigenvalue weighted by atomic mass is 9.94. The number of benzene rings is 4. The van der Waals surface area contributed by atoms with Crippen LogP contribution in [0.15, 0.2) is 119 Å². The first-order chi connectivity index (χ1) is 30.0. The Balaban J connectivity index is 0.000000236. The van der Waals surface area contributed by atoms with Gasteiger partial charge in [-0.2, -0.15) is 21.0 Å². The smallest absolute Gasteiger partial charge is 0.242 e. The summed E-state index contributed by atoms with van der Waals surface area (Å²) in [6.45, 7) is 0.258. The van der Waals surface area contributed by atoms with Crippen LogP contribution in [-0.4, -0.2) is 83.7 Å². The zero-order chi connectivity index (χ0) is 44.6. The second kappa shape index (κ2) is 21.8. The van der Waals surface area contributed by atoms with Gasteiger partial charge in [-0.05, 0) is 95.1 Å². The summed E-state index contributed by atoms with van der Waals surface area (Å²) in [5.41, 5.74) is 12.4. The Morgan fingerprint density at radius 2 is 0.806 bits per heavy atom. The molecule has 2 saturated heterocycles. The van der Waals surface area contributed by atoms with E-state index in [1.165, 1.54) is 4.90 Å². The van der Waals surface area contributed by atoms with Crippen LogP contribution in [0.5, 0.6) is 0 Å². The third-order valence-electron chi connectivity index (χ3n) is 9.57. The van der Waals surface area contributed by atoms with Crippen LogP contribution in [0.4, 0.5) is 0 Å². The minimum Gasteiger partial charge on any atom is -0.346 e. The number of carbonyl (C=O) groups is 5. The summed E-state index contributed by atoms with van der Waals surface area (Å²) in [6.07, 6.45) is 6.86. The highest BCUT2D eigenvalue weighted by atomic mass is 79.9. The SMILES string of the molecule is N#Cc1ccc(/C=C2\CN(C(=O)CN)C/C(=C\c3ccc(C#N)cc3)C2=O)cc1.N#Cc1ccc(/C=C2\CN(C(=O)CNC(=O)CBr)C/C(=C\c3ccc(C#N)cc3)C2=O)cc1. The summed E-state index contributed by atoms with van der Waals surface area (Å²) in [4.78, 5) is 65.8. The van der Waals surface area contributed by atoms with Crippen molar-refractivity contribution in [2.75, 3.05) is 44.6 Å². The summed E-state index contributed by atoms with van der Waals surface area (Å²) in [5.74, 6) is -1.18. The van der Waals surface area contributed by atoms with Crippen molar-refractivity contribution in [1.29, 1.82) is 21.0 Å². The standard InChI is InChI=1S/C25H19BrN4O3.C23H18N4O2/c26-11-23(31)29-14-24(32)30-15-21(9-17-1-5-19(12-27)6-2-17)25(33)22(16-30)10-18-3-7-20(13-28)8-4-18;24-11-18-5-1-16(2-6-18)9-20-14-27(22(28)13-26)15-21(23(20)29)10-17-3-7-19(12-25)8-4-17/h1-10H,11,14-16H2,(H,29,31);1-10H,13-15,26H2/b21-9+,22-10+;20-9+,21-10+. The van der Waals surface area contributed by atoms with Crippen molar-refractivity contribution in [1.82, 2.24) is 15.1 Å². The van der Waals surface area contributed by atoms with Crippen LogP contribution in [-0.2, 0) is 24.0 Å². The summed E-state index contributed by atoms with van der Waals surface area (Å²) < 4.78 is 0. The van der Waals surface area contributed by atoms with E-state index in [9.17, 15) is 24.0 Å². The zero-order valence-electron chi connectivity index (χ0n) is 33.2. The van der Waals surface area contributed by atoms with E-state index in [-0.39, 0.29) is 73.9 Å². The quantitative estimate of drug-likeness (QED) is 0.176. The summed E-state index contributed by atoms with van der Waals surface area (Å²) in [6, 6.07) is 35.5. The van der Waals surface area contributed by atoms with E-state index in [1.807, 2.05) is 0 Å². The van der Waals surface area contributed by atoms with Crippen LogP contribution in [0.3, 0.4) is 0 Å². The molecule has 2 aliphatic rings. The number of nitrogens with zero attached hydrogens (tertiary/aromatic N) is 6. The molecule has 0 aliphatic carbocycles. The van der Waals surface area contributed by atoms with Gasteiger partial charge in [-0.15, -0.1) is 0 Å². The van der Waals surface area contributed by atoms with Crippen molar-refractivity contribution < 1.29 is 24.0 Å². The van der Waals surface area contributed by atoms with Crippen LogP contribution in [0.2, 0.25) is 0 Å². The molecule has 4 aromatic rings. The van der Waals surface area contributed by atoms with E-state index in [4.69, 9.17) is 26.8 Å². The maximum Gasteiger partial charge on any atom is 0.242 e. The van der Waals surface area contributed by atoms with Crippen molar-refractivity contribution in [3.05, 3.63) is 164 Å². The molecule has 2 heterocycles. The van der Waals surface area contributed by atoms with E-state index >= 15 is 0 Å². The topological polar surface area (TPSA) is 225 Å². The average molecular weight is 886 g/mol. The lowest BCUT2D eigenvalue weighted by Gasteiger charge is -2.30. The van der Waals surface area contributed by atoms with Gasteiger partial charge in [0.25, 0.3) is 0 Å². The Morgan fingerprint density at radius 3 is 1.05 bits per heavy atom. The Hall–Kier alpha value is -8.01. The van der Waals surface area contributed by atoms with E-state index in [0.717, 1.165) is 22.3 Å². The van der Waals surface area contributed by atoms with Crippen LogP contribution in [0.1, 0.15) is 44.5 Å².